The van der Waals surface area contributed by atoms with E-state index in [1.807, 2.05) is 24.3 Å². The van der Waals surface area contributed by atoms with Crippen molar-refractivity contribution in [1.82, 2.24) is 5.32 Å². The summed E-state index contributed by atoms with van der Waals surface area (Å²) in [7, 11) is 3.33. The predicted octanol–water partition coefficient (Wildman–Crippen LogP) is 0.579. The summed E-state index contributed by atoms with van der Waals surface area (Å²) in [6.07, 6.45) is 0. The van der Waals surface area contributed by atoms with Gasteiger partial charge in [-0.3, -0.25) is 4.79 Å². The third-order valence-corrected chi connectivity index (χ3v) is 2.24. The largest absolute Gasteiger partial charge is 0.380 e. The van der Waals surface area contributed by atoms with Gasteiger partial charge in [0.05, 0.1) is 6.61 Å². The van der Waals surface area contributed by atoms with Crippen LogP contribution < -0.4 is 11.1 Å². The van der Waals surface area contributed by atoms with E-state index < -0.39 is 6.04 Å². The van der Waals surface area contributed by atoms with Crippen molar-refractivity contribution in [3.05, 3.63) is 35.4 Å². The van der Waals surface area contributed by atoms with Crippen LogP contribution in [-0.4, -0.2) is 20.1 Å². The van der Waals surface area contributed by atoms with Crippen molar-refractivity contribution < 1.29 is 9.53 Å². The average Bonchev–Trinajstić information content (AvgIpc) is 2.21. The first-order valence-electron chi connectivity index (χ1n) is 4.74. The van der Waals surface area contributed by atoms with E-state index in [4.69, 9.17) is 10.5 Å². The highest BCUT2D eigenvalue weighted by atomic mass is 16.5. The number of ether oxygens (including phenoxy) is 1. The van der Waals surface area contributed by atoms with Gasteiger partial charge in [-0.15, -0.1) is 0 Å². The molecule has 0 radical (unpaired) electrons. The summed E-state index contributed by atoms with van der Waals surface area (Å²) < 4.78 is 5.06. The number of primary amides is 1. The van der Waals surface area contributed by atoms with Gasteiger partial charge in [0, 0.05) is 7.11 Å². The van der Waals surface area contributed by atoms with Gasteiger partial charge in [-0.1, -0.05) is 24.3 Å². The molecule has 0 fully saturated rings. The van der Waals surface area contributed by atoms with E-state index in [9.17, 15) is 4.79 Å². The van der Waals surface area contributed by atoms with Crippen LogP contribution in [0.5, 0.6) is 0 Å². The molecule has 1 amide bonds. The molecule has 0 aliphatic heterocycles. The molecule has 1 atom stereocenters. The summed E-state index contributed by atoms with van der Waals surface area (Å²) in [6, 6.07) is 7.12. The van der Waals surface area contributed by atoms with Gasteiger partial charge in [0.1, 0.15) is 6.04 Å². The van der Waals surface area contributed by atoms with Crippen LogP contribution in [0.4, 0.5) is 0 Å². The third-order valence-electron chi connectivity index (χ3n) is 2.24. The SMILES string of the molecule is CNC(C(N)=O)c1ccccc1COC. The molecule has 82 valence electrons. The Morgan fingerprint density at radius 2 is 2.20 bits per heavy atom. The standard InChI is InChI=1S/C11H16N2O2/c1-13-10(11(12)14)9-6-4-3-5-8(9)7-15-2/h3-6,10,13H,7H2,1-2H3,(H2,12,14). The fourth-order valence-corrected chi connectivity index (χ4v) is 1.55. The normalized spacial score (nSPS) is 12.4. The minimum Gasteiger partial charge on any atom is -0.380 e. The molecule has 1 unspecified atom stereocenters. The number of nitrogens with two attached hydrogens (primary N) is 1. The minimum absolute atomic E-state index is 0.388. The quantitative estimate of drug-likeness (QED) is 0.744. The van der Waals surface area contributed by atoms with Gasteiger partial charge in [-0.2, -0.15) is 0 Å². The number of carbonyl (C=O) groups is 1. The second kappa shape index (κ2) is 5.48. The molecule has 0 aromatic heterocycles. The number of rotatable bonds is 5. The van der Waals surface area contributed by atoms with Gasteiger partial charge in [0.25, 0.3) is 0 Å². The van der Waals surface area contributed by atoms with Gasteiger partial charge < -0.3 is 15.8 Å². The van der Waals surface area contributed by atoms with E-state index in [1.165, 1.54) is 0 Å². The van der Waals surface area contributed by atoms with Crippen molar-refractivity contribution in [1.29, 1.82) is 0 Å². The Bertz CT molecular complexity index is 339. The molecule has 0 aliphatic rings. The monoisotopic (exact) mass is 208 g/mol. The van der Waals surface area contributed by atoms with Crippen LogP contribution in [0.25, 0.3) is 0 Å². The van der Waals surface area contributed by atoms with Crippen LogP contribution in [-0.2, 0) is 16.1 Å². The average molecular weight is 208 g/mol. The number of benzene rings is 1. The van der Waals surface area contributed by atoms with Crippen molar-refractivity contribution in [2.24, 2.45) is 5.73 Å². The third kappa shape index (κ3) is 2.78. The number of likely N-dealkylation sites (N-methyl/N-ethyl adjacent to an activating group) is 1. The zero-order chi connectivity index (χ0) is 11.3. The summed E-state index contributed by atoms with van der Waals surface area (Å²) in [5.41, 5.74) is 7.14. The highest BCUT2D eigenvalue weighted by Crippen LogP contribution is 2.18. The maximum atomic E-state index is 11.2. The van der Waals surface area contributed by atoms with Gasteiger partial charge in [0.15, 0.2) is 0 Å². The van der Waals surface area contributed by atoms with Crippen molar-refractivity contribution in [2.45, 2.75) is 12.6 Å². The van der Waals surface area contributed by atoms with Crippen LogP contribution in [0, 0.1) is 0 Å². The molecule has 1 aromatic rings. The lowest BCUT2D eigenvalue weighted by atomic mass is 10.0. The lowest BCUT2D eigenvalue weighted by Crippen LogP contribution is -2.32. The summed E-state index contributed by atoms with van der Waals surface area (Å²) in [5, 5.41) is 2.89. The van der Waals surface area contributed by atoms with Crippen molar-refractivity contribution in [3.63, 3.8) is 0 Å². The molecule has 0 heterocycles. The number of amides is 1. The molecule has 4 heteroatoms. The molecule has 3 N–H and O–H groups in total. The second-order valence-corrected chi connectivity index (χ2v) is 3.26. The lowest BCUT2D eigenvalue weighted by molar-refractivity contribution is -0.120. The maximum Gasteiger partial charge on any atom is 0.239 e. The molecular formula is C11H16N2O2. The van der Waals surface area contributed by atoms with Gasteiger partial charge >= 0.3 is 0 Å². The number of nitrogens with one attached hydrogen (secondary N) is 1. The first kappa shape index (κ1) is 11.7. The van der Waals surface area contributed by atoms with Crippen LogP contribution in [0.1, 0.15) is 17.2 Å². The van der Waals surface area contributed by atoms with E-state index >= 15 is 0 Å². The smallest absolute Gasteiger partial charge is 0.239 e. The molecule has 0 aliphatic carbocycles. The number of methoxy groups -OCH3 is 1. The van der Waals surface area contributed by atoms with Crippen molar-refractivity contribution in [2.75, 3.05) is 14.2 Å². The summed E-state index contributed by atoms with van der Waals surface area (Å²) in [5.74, 6) is -0.388. The molecule has 4 nitrogen and oxygen atoms in total. The van der Waals surface area contributed by atoms with Gasteiger partial charge in [-0.05, 0) is 18.2 Å². The Hall–Kier alpha value is -1.39. The van der Waals surface area contributed by atoms with Crippen LogP contribution in [0.2, 0.25) is 0 Å². The Labute approximate surface area is 89.4 Å². The summed E-state index contributed by atoms with van der Waals surface area (Å²) >= 11 is 0. The lowest BCUT2D eigenvalue weighted by Gasteiger charge is -2.16. The summed E-state index contributed by atoms with van der Waals surface area (Å²) in [4.78, 5) is 11.2. The highest BCUT2D eigenvalue weighted by molar-refractivity contribution is 5.81. The first-order valence-corrected chi connectivity index (χ1v) is 4.74. The van der Waals surface area contributed by atoms with E-state index in [0.717, 1.165) is 11.1 Å². The van der Waals surface area contributed by atoms with Gasteiger partial charge in [-0.25, -0.2) is 0 Å². The van der Waals surface area contributed by atoms with Crippen LogP contribution in [0.3, 0.4) is 0 Å². The zero-order valence-corrected chi connectivity index (χ0v) is 8.99. The fourth-order valence-electron chi connectivity index (χ4n) is 1.55. The second-order valence-electron chi connectivity index (χ2n) is 3.26. The Balaban J connectivity index is 3.04. The van der Waals surface area contributed by atoms with Crippen LogP contribution >= 0.6 is 0 Å². The molecule has 1 rings (SSSR count). The van der Waals surface area contributed by atoms with Crippen molar-refractivity contribution in [3.8, 4) is 0 Å². The zero-order valence-electron chi connectivity index (χ0n) is 8.99. The Morgan fingerprint density at radius 3 is 2.73 bits per heavy atom. The summed E-state index contributed by atoms with van der Waals surface area (Å²) in [6.45, 7) is 0.474. The van der Waals surface area contributed by atoms with E-state index in [-0.39, 0.29) is 5.91 Å². The minimum atomic E-state index is -0.462. The van der Waals surface area contributed by atoms with Crippen molar-refractivity contribution >= 4 is 5.91 Å². The molecular weight excluding hydrogens is 192 g/mol. The molecule has 0 saturated heterocycles. The topological polar surface area (TPSA) is 64.3 Å². The molecule has 15 heavy (non-hydrogen) atoms. The molecule has 0 spiro atoms. The first-order chi connectivity index (χ1) is 7.20. The van der Waals surface area contributed by atoms with E-state index in [0.29, 0.717) is 6.61 Å². The molecule has 1 aromatic carbocycles. The number of carbonyl (C=O) groups excluding carboxylic acids is 1. The highest BCUT2D eigenvalue weighted by Gasteiger charge is 2.17. The number of hydrogen-bond acceptors (Lipinski definition) is 3. The van der Waals surface area contributed by atoms with Crippen LogP contribution in [0.15, 0.2) is 24.3 Å². The predicted molar refractivity (Wildman–Crippen MR) is 58.2 cm³/mol. The van der Waals surface area contributed by atoms with E-state index in [2.05, 4.69) is 5.32 Å². The Kier molecular flexibility index (Phi) is 4.27. The van der Waals surface area contributed by atoms with E-state index in [1.54, 1.807) is 14.2 Å². The maximum absolute atomic E-state index is 11.2. The molecule has 0 saturated carbocycles. The number of hydrogen-bond donors (Lipinski definition) is 2. The molecule has 0 bridgehead atoms. The van der Waals surface area contributed by atoms with Gasteiger partial charge in [0.2, 0.25) is 5.91 Å². The fraction of sp³-hybridized carbons (Fsp3) is 0.364. The Morgan fingerprint density at radius 1 is 1.53 bits per heavy atom.